The number of rotatable bonds is 7. The van der Waals surface area contributed by atoms with E-state index in [2.05, 4.69) is 24.3 Å². The Hall–Kier alpha value is -0.630. The Morgan fingerprint density at radius 1 is 1.28 bits per heavy atom. The molecule has 0 spiro atoms. The van der Waals surface area contributed by atoms with Crippen LogP contribution in [-0.4, -0.2) is 48.2 Å². The number of piperidine rings is 1. The first-order valence-corrected chi connectivity index (χ1v) is 10.5. The predicted octanol–water partition coefficient (Wildman–Crippen LogP) is 2.73. The van der Waals surface area contributed by atoms with Crippen molar-refractivity contribution >= 4 is 22.4 Å². The fourth-order valence-corrected chi connectivity index (χ4v) is 5.66. The first-order valence-electron chi connectivity index (χ1n) is 9.05. The molecule has 0 bridgehead atoms. The molecule has 8 heteroatoms. The molecular weight excluding hydrogens is 360 g/mol. The van der Waals surface area contributed by atoms with Gasteiger partial charge in [-0.3, -0.25) is 4.68 Å². The zero-order chi connectivity index (χ0) is 17.9. The fourth-order valence-electron chi connectivity index (χ4n) is 3.51. The lowest BCUT2D eigenvalue weighted by Gasteiger charge is -2.33. The molecule has 0 amide bonds. The van der Waals surface area contributed by atoms with Gasteiger partial charge in [0.25, 0.3) is 0 Å². The molecule has 1 aliphatic heterocycles. The Balaban J connectivity index is 0.00000312. The van der Waals surface area contributed by atoms with Gasteiger partial charge in [0.1, 0.15) is 4.90 Å². The molecular formula is C17H33ClN4O2S. The topological polar surface area (TPSA) is 67.2 Å². The Morgan fingerprint density at radius 2 is 1.88 bits per heavy atom. The normalized spacial score (nSPS) is 16.4. The summed E-state index contributed by atoms with van der Waals surface area (Å²) in [6.45, 7) is 13.0. The molecule has 1 aromatic rings. The molecule has 25 heavy (non-hydrogen) atoms. The van der Waals surface area contributed by atoms with Crippen molar-refractivity contribution < 1.29 is 8.42 Å². The highest BCUT2D eigenvalue weighted by Crippen LogP contribution is 2.28. The Kier molecular flexibility index (Phi) is 8.38. The van der Waals surface area contributed by atoms with Crippen molar-refractivity contribution in [3.63, 3.8) is 0 Å². The molecule has 0 saturated carbocycles. The summed E-state index contributed by atoms with van der Waals surface area (Å²) in [4.78, 5) is 0.412. The van der Waals surface area contributed by atoms with Crippen LogP contribution < -0.4 is 5.32 Å². The van der Waals surface area contributed by atoms with Crippen LogP contribution in [0.5, 0.6) is 0 Å². The third-order valence-electron chi connectivity index (χ3n) is 4.58. The van der Waals surface area contributed by atoms with Gasteiger partial charge in [-0.2, -0.15) is 9.40 Å². The smallest absolute Gasteiger partial charge is 0.246 e. The number of nitrogens with zero attached hydrogens (tertiary/aromatic N) is 3. The highest BCUT2D eigenvalue weighted by atomic mass is 35.5. The van der Waals surface area contributed by atoms with E-state index >= 15 is 0 Å². The van der Waals surface area contributed by atoms with E-state index in [-0.39, 0.29) is 18.4 Å². The first-order chi connectivity index (χ1) is 11.3. The van der Waals surface area contributed by atoms with Gasteiger partial charge in [0.15, 0.2) is 0 Å². The molecule has 1 aromatic heterocycles. The maximum atomic E-state index is 13.4. The summed E-state index contributed by atoms with van der Waals surface area (Å²) in [6, 6.07) is 0.0865. The number of nitrogens with one attached hydrogen (secondary N) is 1. The lowest BCUT2D eigenvalue weighted by atomic mass is 10.1. The first kappa shape index (κ1) is 22.4. The van der Waals surface area contributed by atoms with E-state index in [0.29, 0.717) is 23.1 Å². The maximum Gasteiger partial charge on any atom is 0.246 e. The van der Waals surface area contributed by atoms with Crippen molar-refractivity contribution in [2.45, 2.75) is 71.4 Å². The van der Waals surface area contributed by atoms with Gasteiger partial charge >= 0.3 is 0 Å². The Morgan fingerprint density at radius 3 is 2.40 bits per heavy atom. The van der Waals surface area contributed by atoms with Gasteiger partial charge in [-0.25, -0.2) is 8.42 Å². The van der Waals surface area contributed by atoms with Gasteiger partial charge in [-0.15, -0.1) is 12.4 Å². The quantitative estimate of drug-likeness (QED) is 0.774. The van der Waals surface area contributed by atoms with Crippen molar-refractivity contribution in [3.05, 3.63) is 11.4 Å². The fraction of sp³-hybridized carbons (Fsp3) is 0.824. The standard InChI is InChI=1S/C17H32N4O2S.ClH/c1-6-11-21(16-7-9-18-10-8-16)24(22,23)17-14(4)19-20(15(17)5)12-13(2)3;/h13,16,18H,6-12H2,1-5H3;1H. The molecule has 1 aliphatic rings. The van der Waals surface area contributed by atoms with Crippen LogP contribution in [0.3, 0.4) is 0 Å². The minimum absolute atomic E-state index is 0. The third-order valence-corrected chi connectivity index (χ3v) is 6.78. The van der Waals surface area contributed by atoms with Gasteiger partial charge in [0.2, 0.25) is 10.0 Å². The van der Waals surface area contributed by atoms with Crippen LogP contribution >= 0.6 is 12.4 Å². The lowest BCUT2D eigenvalue weighted by molar-refractivity contribution is 0.262. The summed E-state index contributed by atoms with van der Waals surface area (Å²) < 4.78 is 30.4. The largest absolute Gasteiger partial charge is 0.317 e. The number of aryl methyl sites for hydroxylation is 1. The van der Waals surface area contributed by atoms with Crippen molar-refractivity contribution in [2.75, 3.05) is 19.6 Å². The van der Waals surface area contributed by atoms with Crippen LogP contribution in [-0.2, 0) is 16.6 Å². The molecule has 0 aromatic carbocycles. The maximum absolute atomic E-state index is 13.4. The van der Waals surface area contributed by atoms with Crippen LogP contribution in [0.15, 0.2) is 4.90 Å². The summed E-state index contributed by atoms with van der Waals surface area (Å²) in [5.74, 6) is 0.426. The van der Waals surface area contributed by atoms with Gasteiger partial charge in [0.05, 0.1) is 11.4 Å². The van der Waals surface area contributed by atoms with Crippen LogP contribution in [0.2, 0.25) is 0 Å². The van der Waals surface area contributed by atoms with E-state index < -0.39 is 10.0 Å². The molecule has 0 radical (unpaired) electrons. The zero-order valence-corrected chi connectivity index (χ0v) is 17.7. The van der Waals surface area contributed by atoms with E-state index in [0.717, 1.165) is 44.6 Å². The van der Waals surface area contributed by atoms with Gasteiger partial charge < -0.3 is 5.32 Å². The van der Waals surface area contributed by atoms with E-state index in [1.165, 1.54) is 0 Å². The summed E-state index contributed by atoms with van der Waals surface area (Å²) in [7, 11) is -3.52. The zero-order valence-electron chi connectivity index (χ0n) is 16.1. The van der Waals surface area contributed by atoms with Crippen molar-refractivity contribution in [2.24, 2.45) is 5.92 Å². The lowest BCUT2D eigenvalue weighted by Crippen LogP contribution is -2.46. The SMILES string of the molecule is CCCN(C1CCNCC1)S(=O)(=O)c1c(C)nn(CC(C)C)c1C.Cl. The van der Waals surface area contributed by atoms with E-state index in [4.69, 9.17) is 0 Å². The van der Waals surface area contributed by atoms with E-state index in [1.54, 1.807) is 4.31 Å². The summed E-state index contributed by atoms with van der Waals surface area (Å²) in [6.07, 6.45) is 2.57. The van der Waals surface area contributed by atoms with Crippen molar-refractivity contribution in [3.8, 4) is 0 Å². The molecule has 146 valence electrons. The summed E-state index contributed by atoms with van der Waals surface area (Å²) in [5, 5.41) is 7.82. The summed E-state index contributed by atoms with van der Waals surface area (Å²) >= 11 is 0. The number of aromatic nitrogens is 2. The van der Waals surface area contributed by atoms with Crippen molar-refractivity contribution in [1.82, 2.24) is 19.4 Å². The molecule has 6 nitrogen and oxygen atoms in total. The highest BCUT2D eigenvalue weighted by molar-refractivity contribution is 7.89. The minimum atomic E-state index is -3.52. The van der Waals surface area contributed by atoms with Crippen LogP contribution in [0.25, 0.3) is 0 Å². The number of sulfonamides is 1. The molecule has 2 heterocycles. The van der Waals surface area contributed by atoms with Crippen LogP contribution in [0.4, 0.5) is 0 Å². The van der Waals surface area contributed by atoms with Gasteiger partial charge in [0, 0.05) is 19.1 Å². The molecule has 1 fully saturated rings. The molecule has 0 unspecified atom stereocenters. The average molecular weight is 393 g/mol. The molecule has 0 atom stereocenters. The monoisotopic (exact) mass is 392 g/mol. The second kappa shape index (κ2) is 9.35. The number of halogens is 1. The predicted molar refractivity (Wildman–Crippen MR) is 104 cm³/mol. The van der Waals surface area contributed by atoms with Crippen LogP contribution in [0.1, 0.15) is 51.4 Å². The molecule has 1 saturated heterocycles. The second-order valence-corrected chi connectivity index (χ2v) is 9.00. The highest BCUT2D eigenvalue weighted by Gasteiger charge is 2.35. The van der Waals surface area contributed by atoms with Crippen molar-refractivity contribution in [1.29, 1.82) is 0 Å². The number of hydrogen-bond donors (Lipinski definition) is 1. The van der Waals surface area contributed by atoms with Gasteiger partial charge in [-0.05, 0) is 52.1 Å². The molecule has 0 aliphatic carbocycles. The molecule has 1 N–H and O–H groups in total. The second-order valence-electron chi connectivity index (χ2n) is 7.17. The van der Waals surface area contributed by atoms with Crippen LogP contribution in [0, 0.1) is 19.8 Å². The average Bonchev–Trinajstić information content (AvgIpc) is 2.79. The summed E-state index contributed by atoms with van der Waals surface area (Å²) in [5.41, 5.74) is 1.37. The number of hydrogen-bond acceptors (Lipinski definition) is 4. The Bertz CT molecular complexity index is 652. The van der Waals surface area contributed by atoms with E-state index in [9.17, 15) is 8.42 Å². The Labute approximate surface area is 158 Å². The minimum Gasteiger partial charge on any atom is -0.317 e. The molecule has 2 rings (SSSR count). The van der Waals surface area contributed by atoms with Gasteiger partial charge in [-0.1, -0.05) is 20.8 Å². The third kappa shape index (κ3) is 4.96. The van der Waals surface area contributed by atoms with E-state index in [1.807, 2.05) is 25.5 Å².